The minimum absolute atomic E-state index is 0.909. The van der Waals surface area contributed by atoms with Gasteiger partial charge in [-0.05, 0) is 175 Å². The van der Waals surface area contributed by atoms with Crippen LogP contribution in [-0.4, -0.2) is 18.5 Å². The first-order chi connectivity index (χ1) is 28.5. The van der Waals surface area contributed by atoms with Crippen molar-refractivity contribution in [2.24, 2.45) is 9.98 Å². The number of nitrogens with zero attached hydrogens (tertiary/aromatic N) is 2. The van der Waals surface area contributed by atoms with Gasteiger partial charge in [0.05, 0.1) is 22.8 Å². The van der Waals surface area contributed by atoms with Gasteiger partial charge >= 0.3 is 0 Å². The summed E-state index contributed by atoms with van der Waals surface area (Å²) in [7, 11) is 1.92. The molecule has 6 heteroatoms. The molecule has 0 aliphatic heterocycles. The van der Waals surface area contributed by atoms with E-state index in [4.69, 9.17) is 9.98 Å². The van der Waals surface area contributed by atoms with Gasteiger partial charge in [0.2, 0.25) is 0 Å². The van der Waals surface area contributed by atoms with Crippen LogP contribution in [0.4, 0.5) is 51.2 Å². The average Bonchev–Trinajstić information content (AvgIpc) is 3.26. The van der Waals surface area contributed by atoms with E-state index in [1.807, 2.05) is 55.6 Å². The molecule has 0 saturated heterocycles. The van der Waals surface area contributed by atoms with E-state index in [2.05, 4.69) is 186 Å². The van der Waals surface area contributed by atoms with E-state index in [9.17, 15) is 0 Å². The lowest BCUT2D eigenvalue weighted by Gasteiger charge is -2.10. The number of nitrogens with one attached hydrogen (secondary N) is 4. The number of hydrogen-bond acceptors (Lipinski definition) is 6. The summed E-state index contributed by atoms with van der Waals surface area (Å²) in [6.07, 6.45) is 21.0. The molecular weight excluding hydrogens is 709 g/mol. The van der Waals surface area contributed by atoms with Crippen molar-refractivity contribution in [2.45, 2.75) is 6.92 Å². The first-order valence-electron chi connectivity index (χ1n) is 19.4. The summed E-state index contributed by atoms with van der Waals surface area (Å²) in [4.78, 5) is 9.51. The molecule has 282 valence electrons. The minimum atomic E-state index is 0.909. The molecule has 6 aromatic carbocycles. The first kappa shape index (κ1) is 37.2. The highest BCUT2D eigenvalue weighted by Crippen LogP contribution is 2.26. The number of benzene rings is 6. The summed E-state index contributed by atoms with van der Waals surface area (Å²) in [5.74, 6) is 0. The third-order valence-electron chi connectivity index (χ3n) is 9.62. The van der Waals surface area contributed by atoms with Gasteiger partial charge in [0.1, 0.15) is 0 Å². The van der Waals surface area contributed by atoms with Gasteiger partial charge in [-0.1, -0.05) is 66.3 Å². The molecular formula is C52H44N6. The Morgan fingerprint density at radius 3 is 0.983 bits per heavy atom. The maximum Gasteiger partial charge on any atom is 0.0638 e. The van der Waals surface area contributed by atoms with E-state index in [0.717, 1.165) is 84.9 Å². The second-order valence-electron chi connectivity index (χ2n) is 14.1. The average molecular weight is 753 g/mol. The predicted octanol–water partition coefficient (Wildman–Crippen LogP) is 13.8. The summed E-state index contributed by atoms with van der Waals surface area (Å²) < 4.78 is 0. The third-order valence-corrected chi connectivity index (χ3v) is 9.62. The van der Waals surface area contributed by atoms with Gasteiger partial charge in [-0.15, -0.1) is 0 Å². The van der Waals surface area contributed by atoms with Crippen LogP contribution in [0.15, 0.2) is 215 Å². The Bertz CT molecular complexity index is 2570. The maximum absolute atomic E-state index is 4.80. The van der Waals surface area contributed by atoms with Crippen LogP contribution in [0.2, 0.25) is 0 Å². The molecule has 0 radical (unpaired) electrons. The lowest BCUT2D eigenvalue weighted by atomic mass is 10.0. The van der Waals surface area contributed by atoms with Gasteiger partial charge in [0, 0.05) is 46.9 Å². The van der Waals surface area contributed by atoms with Crippen LogP contribution in [0.25, 0.3) is 12.2 Å². The van der Waals surface area contributed by atoms with Crippen molar-refractivity contribution in [1.82, 2.24) is 0 Å². The number of allylic oxidation sites excluding steroid dienone is 10. The quantitative estimate of drug-likeness (QED) is 0.106. The van der Waals surface area contributed by atoms with Crippen molar-refractivity contribution in [1.29, 1.82) is 0 Å². The van der Waals surface area contributed by atoms with Gasteiger partial charge in [-0.2, -0.15) is 0 Å². The van der Waals surface area contributed by atoms with E-state index < -0.39 is 0 Å². The summed E-state index contributed by atoms with van der Waals surface area (Å²) in [6.45, 7) is 2.08. The van der Waals surface area contributed by atoms with Crippen molar-refractivity contribution >= 4 is 74.8 Å². The van der Waals surface area contributed by atoms with Crippen molar-refractivity contribution in [3.8, 4) is 0 Å². The molecule has 0 atom stereocenters. The molecule has 2 aliphatic carbocycles. The maximum atomic E-state index is 4.80. The monoisotopic (exact) mass is 752 g/mol. The fourth-order valence-electron chi connectivity index (χ4n) is 6.39. The van der Waals surface area contributed by atoms with Gasteiger partial charge in [0.15, 0.2) is 0 Å². The zero-order chi connectivity index (χ0) is 39.5. The summed E-state index contributed by atoms with van der Waals surface area (Å²) >= 11 is 0. The van der Waals surface area contributed by atoms with E-state index in [0.29, 0.717) is 0 Å². The lowest BCUT2D eigenvalue weighted by Crippen LogP contribution is -1.94. The van der Waals surface area contributed by atoms with Crippen molar-refractivity contribution in [3.63, 3.8) is 0 Å². The topological polar surface area (TPSA) is 72.8 Å². The Kier molecular flexibility index (Phi) is 11.5. The second kappa shape index (κ2) is 17.8. The van der Waals surface area contributed by atoms with Crippen LogP contribution in [0.3, 0.4) is 0 Å². The highest BCUT2D eigenvalue weighted by Gasteiger charge is 2.04. The van der Waals surface area contributed by atoms with Crippen LogP contribution >= 0.6 is 0 Å². The predicted molar refractivity (Wildman–Crippen MR) is 249 cm³/mol. The summed E-state index contributed by atoms with van der Waals surface area (Å²) in [6, 6.07) is 49.9. The van der Waals surface area contributed by atoms with Crippen molar-refractivity contribution in [2.75, 3.05) is 28.3 Å². The van der Waals surface area contributed by atoms with Crippen LogP contribution < -0.4 is 21.3 Å². The zero-order valence-electron chi connectivity index (χ0n) is 32.5. The highest BCUT2D eigenvalue weighted by molar-refractivity contribution is 6.08. The number of hydrogen-bond donors (Lipinski definition) is 4. The molecule has 0 spiro atoms. The molecule has 0 bridgehead atoms. The smallest absolute Gasteiger partial charge is 0.0638 e. The number of anilines is 7. The van der Waals surface area contributed by atoms with Crippen LogP contribution in [0, 0.1) is 6.92 Å². The summed E-state index contributed by atoms with van der Waals surface area (Å²) in [5, 5.41) is 13.6. The second-order valence-corrected chi connectivity index (χ2v) is 14.1. The first-order valence-corrected chi connectivity index (χ1v) is 19.4. The number of rotatable bonds is 11. The molecule has 0 unspecified atom stereocenters. The summed E-state index contributed by atoms with van der Waals surface area (Å²) in [5.41, 5.74) is 16.7. The normalized spacial score (nSPS) is 12.9. The molecule has 6 nitrogen and oxygen atoms in total. The van der Waals surface area contributed by atoms with Gasteiger partial charge in [0.25, 0.3) is 0 Å². The molecule has 0 heterocycles. The Morgan fingerprint density at radius 1 is 0.345 bits per heavy atom. The Hall–Kier alpha value is -7.70. The SMILES string of the molecule is CNc1ccc(Nc2ccc(N=C3C=CC(=Cc4ccc(Nc5ccc(Nc6ccc(C=C7C=CC(=Nc8ccc(C)cc8)C=C7)cc6)cc5)cc4)C=C3)cc2)cc1. The van der Waals surface area contributed by atoms with Gasteiger partial charge < -0.3 is 21.3 Å². The fourth-order valence-corrected chi connectivity index (χ4v) is 6.39. The van der Waals surface area contributed by atoms with Crippen LogP contribution in [0.1, 0.15) is 16.7 Å². The molecule has 58 heavy (non-hydrogen) atoms. The van der Waals surface area contributed by atoms with E-state index in [1.54, 1.807) is 0 Å². The van der Waals surface area contributed by atoms with Crippen LogP contribution in [0.5, 0.6) is 0 Å². The van der Waals surface area contributed by atoms with Gasteiger partial charge in [-0.3, -0.25) is 0 Å². The Labute approximate surface area is 340 Å². The zero-order valence-corrected chi connectivity index (χ0v) is 32.5. The van der Waals surface area contributed by atoms with Crippen LogP contribution in [-0.2, 0) is 0 Å². The fraction of sp³-hybridized carbons (Fsp3) is 0.0385. The molecule has 0 saturated carbocycles. The largest absolute Gasteiger partial charge is 0.388 e. The molecule has 0 amide bonds. The van der Waals surface area contributed by atoms with E-state index in [-0.39, 0.29) is 0 Å². The van der Waals surface area contributed by atoms with E-state index >= 15 is 0 Å². The Balaban J connectivity index is 0.798. The van der Waals surface area contributed by atoms with Gasteiger partial charge in [-0.25, -0.2) is 9.98 Å². The lowest BCUT2D eigenvalue weighted by molar-refractivity contribution is 1.43. The van der Waals surface area contributed by atoms with E-state index in [1.165, 1.54) is 5.56 Å². The molecule has 6 aromatic rings. The molecule has 0 aromatic heterocycles. The van der Waals surface area contributed by atoms with Crippen molar-refractivity contribution in [3.05, 3.63) is 222 Å². The minimum Gasteiger partial charge on any atom is -0.388 e. The molecule has 8 rings (SSSR count). The standard InChI is InChI=1S/C52H44N6/c1-37-3-13-43(14-4-37)54-44-15-5-38(6-16-44)35-39-7-17-45(18-8-39)55-49-27-29-50(30-28-49)56-46-19-9-40(10-20-46)36-41-11-21-47(22-12-41)57-51-31-33-52(34-32-51)58-48-25-23-42(53-2)24-26-48/h3-36,53,55-56,58H,1-2H3. The highest BCUT2D eigenvalue weighted by atomic mass is 14.9. The number of aryl methyl sites for hydroxylation is 1. The molecule has 4 N–H and O–H groups in total. The third kappa shape index (κ3) is 10.3. The number of aliphatic imine (C=N–C) groups is 2. The van der Waals surface area contributed by atoms with Crippen molar-refractivity contribution < 1.29 is 0 Å². The molecule has 0 fully saturated rings. The molecule has 2 aliphatic rings. The Morgan fingerprint density at radius 2 is 0.638 bits per heavy atom.